The third kappa shape index (κ3) is 1.89. The first-order chi connectivity index (χ1) is 6.40. The molecule has 1 aliphatic rings. The monoisotopic (exact) mass is 181 g/mol. The molecular formula is C9H15N3O. The summed E-state index contributed by atoms with van der Waals surface area (Å²) in [6.45, 7) is 2.78. The van der Waals surface area contributed by atoms with Gasteiger partial charge in [0.2, 0.25) is 0 Å². The second-order valence-corrected chi connectivity index (χ2v) is 3.45. The number of methoxy groups -OCH3 is 1. The Kier molecular flexibility index (Phi) is 2.61. The Bertz CT molecular complexity index is 272. The van der Waals surface area contributed by atoms with Crippen molar-refractivity contribution in [3.63, 3.8) is 0 Å². The molecule has 0 unspecified atom stereocenters. The summed E-state index contributed by atoms with van der Waals surface area (Å²) < 4.78 is 5.12. The average Bonchev–Trinajstić information content (AvgIpc) is 2.46. The average molecular weight is 181 g/mol. The number of nitrogens with zero attached hydrogens (tertiary/aromatic N) is 2. The zero-order chi connectivity index (χ0) is 9.10. The van der Waals surface area contributed by atoms with Crippen molar-refractivity contribution in [3.05, 3.63) is 17.5 Å². The number of H-pyrrole nitrogens is 1. The number of rotatable bonds is 2. The fraction of sp³-hybridized carbons (Fsp3) is 0.667. The van der Waals surface area contributed by atoms with Gasteiger partial charge in [0.25, 0.3) is 0 Å². The number of nitrogens with one attached hydrogen (secondary N) is 1. The Balaban J connectivity index is 2.07. The second-order valence-electron chi connectivity index (χ2n) is 3.45. The molecule has 1 aromatic heterocycles. The Morgan fingerprint density at radius 1 is 1.69 bits per heavy atom. The number of aromatic nitrogens is 2. The molecule has 1 aliphatic heterocycles. The molecule has 2 rings (SSSR count). The third-order valence-corrected chi connectivity index (χ3v) is 2.41. The lowest BCUT2D eigenvalue weighted by atomic mass is 10.2. The van der Waals surface area contributed by atoms with Crippen LogP contribution in [0.15, 0.2) is 6.20 Å². The van der Waals surface area contributed by atoms with E-state index in [0.717, 1.165) is 19.5 Å². The van der Waals surface area contributed by atoms with E-state index in [-0.39, 0.29) is 0 Å². The number of aryl methyl sites for hydroxylation is 1. The SMILES string of the molecule is COCN1CCCc2[nH]ncc2C1. The number of hydrogen-bond acceptors (Lipinski definition) is 3. The highest BCUT2D eigenvalue weighted by Crippen LogP contribution is 2.15. The van der Waals surface area contributed by atoms with Crippen molar-refractivity contribution in [2.24, 2.45) is 0 Å². The standard InChI is InChI=1S/C9H15N3O/c1-13-7-12-4-2-3-9-8(6-12)5-10-11-9/h5H,2-4,6-7H2,1H3,(H,10,11). The van der Waals surface area contributed by atoms with Gasteiger partial charge in [-0.05, 0) is 12.8 Å². The van der Waals surface area contributed by atoms with Crippen LogP contribution in [-0.4, -0.2) is 35.5 Å². The Morgan fingerprint density at radius 2 is 2.62 bits per heavy atom. The molecule has 0 atom stereocenters. The molecule has 0 spiro atoms. The molecule has 72 valence electrons. The summed E-state index contributed by atoms with van der Waals surface area (Å²) in [6.07, 6.45) is 4.21. The lowest BCUT2D eigenvalue weighted by Crippen LogP contribution is -2.25. The molecule has 0 fully saturated rings. The van der Waals surface area contributed by atoms with Gasteiger partial charge in [-0.25, -0.2) is 0 Å². The van der Waals surface area contributed by atoms with Gasteiger partial charge in [0.15, 0.2) is 0 Å². The fourth-order valence-electron chi connectivity index (χ4n) is 1.78. The summed E-state index contributed by atoms with van der Waals surface area (Å²) in [5.74, 6) is 0. The molecule has 4 nitrogen and oxygen atoms in total. The molecule has 1 aromatic rings. The summed E-state index contributed by atoms with van der Waals surface area (Å²) in [7, 11) is 1.74. The highest BCUT2D eigenvalue weighted by Gasteiger charge is 2.14. The molecule has 0 aromatic carbocycles. The predicted octanol–water partition coefficient (Wildman–Crippen LogP) is 0.762. The molecule has 0 bridgehead atoms. The molecule has 0 saturated carbocycles. The second kappa shape index (κ2) is 3.89. The lowest BCUT2D eigenvalue weighted by molar-refractivity contribution is 0.0590. The number of ether oxygens (including phenoxy) is 1. The van der Waals surface area contributed by atoms with E-state index in [9.17, 15) is 0 Å². The van der Waals surface area contributed by atoms with E-state index < -0.39 is 0 Å². The molecule has 4 heteroatoms. The molecule has 0 aliphatic carbocycles. The van der Waals surface area contributed by atoms with E-state index >= 15 is 0 Å². The van der Waals surface area contributed by atoms with Crippen molar-refractivity contribution < 1.29 is 4.74 Å². The van der Waals surface area contributed by atoms with Gasteiger partial charge in [0.1, 0.15) is 0 Å². The third-order valence-electron chi connectivity index (χ3n) is 2.41. The number of aromatic amines is 1. The van der Waals surface area contributed by atoms with Crippen molar-refractivity contribution in [1.29, 1.82) is 0 Å². The van der Waals surface area contributed by atoms with Crippen molar-refractivity contribution in [2.75, 3.05) is 20.4 Å². The minimum Gasteiger partial charge on any atom is -0.369 e. The summed E-state index contributed by atoms with van der Waals surface area (Å²) in [5, 5.41) is 7.09. The van der Waals surface area contributed by atoms with Crippen LogP contribution in [0, 0.1) is 0 Å². The van der Waals surface area contributed by atoms with Crippen LogP contribution < -0.4 is 0 Å². The number of fused-ring (bicyclic) bond motifs is 1. The van der Waals surface area contributed by atoms with Gasteiger partial charge < -0.3 is 4.74 Å². The molecule has 0 amide bonds. The Labute approximate surface area is 77.9 Å². The summed E-state index contributed by atoms with van der Waals surface area (Å²) in [4.78, 5) is 2.29. The zero-order valence-electron chi connectivity index (χ0n) is 7.92. The fourth-order valence-corrected chi connectivity index (χ4v) is 1.78. The molecule has 0 saturated heterocycles. The van der Waals surface area contributed by atoms with Crippen LogP contribution >= 0.6 is 0 Å². The quantitative estimate of drug-likeness (QED) is 0.732. The molecule has 0 radical (unpaired) electrons. The van der Waals surface area contributed by atoms with Gasteiger partial charge in [-0.3, -0.25) is 10.00 Å². The van der Waals surface area contributed by atoms with Gasteiger partial charge >= 0.3 is 0 Å². The van der Waals surface area contributed by atoms with E-state index in [4.69, 9.17) is 4.74 Å². The van der Waals surface area contributed by atoms with Crippen molar-refractivity contribution in [1.82, 2.24) is 15.1 Å². The van der Waals surface area contributed by atoms with Crippen LogP contribution in [0.1, 0.15) is 17.7 Å². The van der Waals surface area contributed by atoms with E-state index in [2.05, 4.69) is 15.1 Å². The van der Waals surface area contributed by atoms with E-state index in [1.54, 1.807) is 7.11 Å². The summed E-state index contributed by atoms with van der Waals surface area (Å²) in [5.41, 5.74) is 2.60. The van der Waals surface area contributed by atoms with Gasteiger partial charge in [0.05, 0.1) is 12.9 Å². The summed E-state index contributed by atoms with van der Waals surface area (Å²) in [6, 6.07) is 0. The van der Waals surface area contributed by atoms with Crippen molar-refractivity contribution in [2.45, 2.75) is 19.4 Å². The van der Waals surface area contributed by atoms with E-state index in [1.807, 2.05) is 6.20 Å². The maximum Gasteiger partial charge on any atom is 0.0989 e. The van der Waals surface area contributed by atoms with E-state index in [1.165, 1.54) is 17.7 Å². The van der Waals surface area contributed by atoms with Crippen LogP contribution in [-0.2, 0) is 17.7 Å². The van der Waals surface area contributed by atoms with Gasteiger partial charge in [-0.2, -0.15) is 5.10 Å². The molecule has 1 N–H and O–H groups in total. The van der Waals surface area contributed by atoms with Crippen LogP contribution in [0.25, 0.3) is 0 Å². The van der Waals surface area contributed by atoms with Crippen molar-refractivity contribution in [3.8, 4) is 0 Å². The first-order valence-corrected chi connectivity index (χ1v) is 4.62. The van der Waals surface area contributed by atoms with Gasteiger partial charge in [0, 0.05) is 31.5 Å². The molecule has 2 heterocycles. The Morgan fingerprint density at radius 3 is 3.46 bits per heavy atom. The largest absolute Gasteiger partial charge is 0.369 e. The topological polar surface area (TPSA) is 41.1 Å². The van der Waals surface area contributed by atoms with Crippen LogP contribution in [0.2, 0.25) is 0 Å². The maximum atomic E-state index is 5.12. The van der Waals surface area contributed by atoms with Crippen LogP contribution in [0.5, 0.6) is 0 Å². The smallest absolute Gasteiger partial charge is 0.0989 e. The van der Waals surface area contributed by atoms with E-state index in [0.29, 0.717) is 6.73 Å². The summed E-state index contributed by atoms with van der Waals surface area (Å²) >= 11 is 0. The zero-order valence-corrected chi connectivity index (χ0v) is 7.92. The van der Waals surface area contributed by atoms with Crippen LogP contribution in [0.4, 0.5) is 0 Å². The highest BCUT2D eigenvalue weighted by atomic mass is 16.5. The Hall–Kier alpha value is -0.870. The molecule has 13 heavy (non-hydrogen) atoms. The highest BCUT2D eigenvalue weighted by molar-refractivity contribution is 5.17. The van der Waals surface area contributed by atoms with Crippen molar-refractivity contribution >= 4 is 0 Å². The van der Waals surface area contributed by atoms with Crippen LogP contribution in [0.3, 0.4) is 0 Å². The first kappa shape index (κ1) is 8.72. The number of hydrogen-bond donors (Lipinski definition) is 1. The lowest BCUT2D eigenvalue weighted by Gasteiger charge is -2.17. The minimum atomic E-state index is 0.713. The normalized spacial score (nSPS) is 18.2. The molecular weight excluding hydrogens is 166 g/mol. The minimum absolute atomic E-state index is 0.713. The van der Waals surface area contributed by atoms with Gasteiger partial charge in [-0.15, -0.1) is 0 Å². The predicted molar refractivity (Wildman–Crippen MR) is 49.2 cm³/mol. The van der Waals surface area contributed by atoms with Gasteiger partial charge in [-0.1, -0.05) is 0 Å². The first-order valence-electron chi connectivity index (χ1n) is 4.62. The maximum absolute atomic E-state index is 5.12.